The first-order valence-corrected chi connectivity index (χ1v) is 7.27. The highest BCUT2D eigenvalue weighted by molar-refractivity contribution is 5.11. The molecule has 0 fully saturated rings. The number of hydrogen-bond acceptors (Lipinski definition) is 10. The molecular weight excluding hydrogens is 326 g/mol. The van der Waals surface area contributed by atoms with Crippen molar-refractivity contribution in [1.82, 2.24) is 0 Å². The van der Waals surface area contributed by atoms with Crippen LogP contribution in [0.1, 0.15) is 19.8 Å². The summed E-state index contributed by atoms with van der Waals surface area (Å²) in [6.45, 7) is 0.697. The molecule has 10 nitrogen and oxygen atoms in total. The minimum absolute atomic E-state index is 0.146. The molecule has 24 heavy (non-hydrogen) atoms. The van der Waals surface area contributed by atoms with Crippen LogP contribution < -0.4 is 5.73 Å². The lowest BCUT2D eigenvalue weighted by Crippen LogP contribution is -2.27. The summed E-state index contributed by atoms with van der Waals surface area (Å²) >= 11 is 0. The smallest absolute Gasteiger partial charge is 0.219 e. The van der Waals surface area contributed by atoms with Gasteiger partial charge < -0.3 is 51.0 Å². The Hall–Kier alpha value is -1.56. The Morgan fingerprint density at radius 1 is 0.958 bits per heavy atom. The molecule has 9 N–H and O–H groups in total. The number of ether oxygens (including phenoxy) is 2. The molecule has 0 amide bonds. The Bertz CT molecular complexity index is 436. The lowest BCUT2D eigenvalue weighted by atomic mass is 10.1. The molecule has 0 aliphatic heterocycles. The van der Waals surface area contributed by atoms with E-state index in [1.54, 1.807) is 0 Å². The van der Waals surface area contributed by atoms with Gasteiger partial charge >= 0.3 is 0 Å². The Morgan fingerprint density at radius 3 is 1.96 bits per heavy atom. The lowest BCUT2D eigenvalue weighted by Gasteiger charge is -2.20. The number of nitrogens with two attached hydrogens (primary N) is 1. The van der Waals surface area contributed by atoms with E-state index in [-0.39, 0.29) is 25.1 Å². The van der Waals surface area contributed by atoms with E-state index in [2.05, 4.69) is 0 Å². The highest BCUT2D eigenvalue weighted by Crippen LogP contribution is 2.15. The predicted molar refractivity (Wildman–Crippen MR) is 82.9 cm³/mol. The van der Waals surface area contributed by atoms with Gasteiger partial charge in [-0.2, -0.15) is 0 Å². The first kappa shape index (κ1) is 22.4. The van der Waals surface area contributed by atoms with Crippen molar-refractivity contribution in [2.24, 2.45) is 5.73 Å². The molecular formula is C14H27NO9. The van der Waals surface area contributed by atoms with Gasteiger partial charge in [0.2, 0.25) is 6.29 Å². The maximum Gasteiger partial charge on any atom is 0.219 e. The van der Waals surface area contributed by atoms with E-state index >= 15 is 0 Å². The van der Waals surface area contributed by atoms with Crippen molar-refractivity contribution in [3.63, 3.8) is 0 Å². The second-order valence-electron chi connectivity index (χ2n) is 5.06. The summed E-state index contributed by atoms with van der Waals surface area (Å²) in [6, 6.07) is 0. The summed E-state index contributed by atoms with van der Waals surface area (Å²) in [5.41, 5.74) is 5.11. The average Bonchev–Trinajstić information content (AvgIpc) is 2.55. The van der Waals surface area contributed by atoms with Gasteiger partial charge in [-0.15, -0.1) is 0 Å². The molecule has 0 aromatic heterocycles. The van der Waals surface area contributed by atoms with Crippen LogP contribution in [0.15, 0.2) is 23.0 Å². The third-order valence-electron chi connectivity index (χ3n) is 3.14. The molecule has 0 radical (unpaired) electrons. The molecule has 0 aliphatic carbocycles. The first-order chi connectivity index (χ1) is 11.2. The quantitative estimate of drug-likeness (QED) is 0.167. The van der Waals surface area contributed by atoms with Crippen LogP contribution in [0.4, 0.5) is 0 Å². The second kappa shape index (κ2) is 11.1. The SMILES string of the molecule is CO[C@H](OCC[C@@H](O)/C(O)=C(/N)[C@@H](C)O)/C(O)=C(/O)[C@@H](O)CCO. The van der Waals surface area contributed by atoms with Gasteiger partial charge in [-0.05, 0) is 6.92 Å². The van der Waals surface area contributed by atoms with E-state index in [1.165, 1.54) is 14.0 Å². The Labute approximate surface area is 139 Å². The van der Waals surface area contributed by atoms with Crippen molar-refractivity contribution in [3.8, 4) is 0 Å². The molecule has 0 heterocycles. The third kappa shape index (κ3) is 6.91. The highest BCUT2D eigenvalue weighted by atomic mass is 16.7. The van der Waals surface area contributed by atoms with Crippen LogP contribution in [0.5, 0.6) is 0 Å². The molecule has 0 rings (SSSR count). The molecule has 0 bridgehead atoms. The van der Waals surface area contributed by atoms with E-state index in [1.807, 2.05) is 0 Å². The molecule has 142 valence electrons. The van der Waals surface area contributed by atoms with Crippen molar-refractivity contribution >= 4 is 0 Å². The van der Waals surface area contributed by atoms with Crippen LogP contribution in [0, 0.1) is 0 Å². The van der Waals surface area contributed by atoms with E-state index in [9.17, 15) is 30.6 Å². The van der Waals surface area contributed by atoms with Gasteiger partial charge in [0, 0.05) is 26.6 Å². The molecule has 4 atom stereocenters. The predicted octanol–water partition coefficient (Wildman–Crippen LogP) is -1.09. The number of methoxy groups -OCH3 is 1. The lowest BCUT2D eigenvalue weighted by molar-refractivity contribution is -0.126. The van der Waals surface area contributed by atoms with E-state index in [4.69, 9.17) is 20.3 Å². The van der Waals surface area contributed by atoms with Crippen LogP contribution in [0.2, 0.25) is 0 Å². The van der Waals surface area contributed by atoms with Crippen molar-refractivity contribution in [2.75, 3.05) is 20.3 Å². The summed E-state index contributed by atoms with van der Waals surface area (Å²) in [6.07, 6.45) is -5.79. The number of rotatable bonds is 11. The minimum Gasteiger partial charge on any atom is -0.508 e. The van der Waals surface area contributed by atoms with Crippen LogP contribution in [-0.2, 0) is 9.47 Å². The molecule has 0 aromatic rings. The molecule has 0 spiro atoms. The summed E-state index contributed by atoms with van der Waals surface area (Å²) in [5.74, 6) is -2.18. The van der Waals surface area contributed by atoms with Crippen LogP contribution in [-0.4, -0.2) is 80.7 Å². The fraction of sp³-hybridized carbons (Fsp3) is 0.714. The van der Waals surface area contributed by atoms with E-state index < -0.39 is 48.5 Å². The molecule has 0 saturated heterocycles. The summed E-state index contributed by atoms with van der Waals surface area (Å²) in [7, 11) is 1.17. The molecule has 0 unspecified atom stereocenters. The maximum absolute atomic E-state index is 9.77. The maximum atomic E-state index is 9.77. The van der Waals surface area contributed by atoms with Gasteiger partial charge in [0.15, 0.2) is 11.5 Å². The topological polar surface area (TPSA) is 186 Å². The van der Waals surface area contributed by atoms with E-state index in [0.717, 1.165) is 0 Å². The van der Waals surface area contributed by atoms with Gasteiger partial charge in [-0.3, -0.25) is 0 Å². The summed E-state index contributed by atoms with van der Waals surface area (Å²) in [4.78, 5) is 0. The first-order valence-electron chi connectivity index (χ1n) is 7.27. The van der Waals surface area contributed by atoms with Crippen molar-refractivity contribution in [1.29, 1.82) is 0 Å². The standard InChI is InChI=1S/C14H27NO9/c1-7(17)10(15)11(20)9(19)4-6-24-14(23-2)13(22)12(21)8(18)3-5-16/h7-9,14,16-22H,3-6,15H2,1-2H3/b11-10-,13-12-/t7-,8+,9-,14-/m1/s1. The minimum atomic E-state index is -1.49. The Kier molecular flexibility index (Phi) is 10.4. The second-order valence-corrected chi connectivity index (χ2v) is 5.06. The van der Waals surface area contributed by atoms with Crippen LogP contribution >= 0.6 is 0 Å². The average molecular weight is 353 g/mol. The number of hydrogen-bond donors (Lipinski definition) is 8. The van der Waals surface area contributed by atoms with Crippen LogP contribution in [0.3, 0.4) is 0 Å². The van der Waals surface area contributed by atoms with Gasteiger partial charge in [-0.25, -0.2) is 0 Å². The molecule has 0 aromatic carbocycles. The molecule has 0 aliphatic rings. The number of aliphatic hydroxyl groups is 7. The zero-order chi connectivity index (χ0) is 18.9. The van der Waals surface area contributed by atoms with Crippen LogP contribution in [0.25, 0.3) is 0 Å². The fourth-order valence-electron chi connectivity index (χ4n) is 1.64. The van der Waals surface area contributed by atoms with Gasteiger partial charge in [-0.1, -0.05) is 0 Å². The third-order valence-corrected chi connectivity index (χ3v) is 3.14. The van der Waals surface area contributed by atoms with Gasteiger partial charge in [0.1, 0.15) is 18.0 Å². The summed E-state index contributed by atoms with van der Waals surface area (Å²) in [5, 5.41) is 66.1. The largest absolute Gasteiger partial charge is 0.508 e. The van der Waals surface area contributed by atoms with Gasteiger partial charge in [0.25, 0.3) is 0 Å². The molecule has 0 saturated carbocycles. The zero-order valence-corrected chi connectivity index (χ0v) is 13.7. The van der Waals surface area contributed by atoms with Crippen molar-refractivity contribution in [3.05, 3.63) is 23.0 Å². The van der Waals surface area contributed by atoms with Gasteiger partial charge in [0.05, 0.1) is 18.4 Å². The van der Waals surface area contributed by atoms with Crippen molar-refractivity contribution < 1.29 is 45.2 Å². The fourth-order valence-corrected chi connectivity index (χ4v) is 1.64. The van der Waals surface area contributed by atoms with Crippen molar-refractivity contribution in [2.45, 2.75) is 44.4 Å². The Morgan fingerprint density at radius 2 is 1.50 bits per heavy atom. The van der Waals surface area contributed by atoms with E-state index in [0.29, 0.717) is 0 Å². The summed E-state index contributed by atoms with van der Waals surface area (Å²) < 4.78 is 9.91. The molecule has 10 heteroatoms. The zero-order valence-electron chi connectivity index (χ0n) is 13.7. The highest BCUT2D eigenvalue weighted by Gasteiger charge is 2.23. The monoisotopic (exact) mass is 353 g/mol. The Balaban J connectivity index is 4.71. The normalized spacial score (nSPS) is 19.1. The number of aliphatic hydroxyl groups excluding tert-OH is 7.